The standard InChI is InChI=1S/C21H25.2C12H10.C5H5.CH2.2ClH.Hf/c1-20(2,3)16-9-7-14-11-15-8-10-17(21(4,5)6)13-19(15)18(14)12-16;2*1-3-7-11(8-4-1)12-9-5-2-6-10-12;1-2-4-5-3-1;;;;/h7,9-10,12-13H,11H2,1-6H3;2*1-10H;1-5H;1H2;2*1H;/q-1;;;-1;;;;+2/p-2. The summed E-state index contributed by atoms with van der Waals surface area (Å²) < 4.78 is 3.39. The molecule has 0 amide bonds. The molecule has 3 heteroatoms. The van der Waals surface area contributed by atoms with Crippen LogP contribution in [0.15, 0.2) is 182 Å². The molecule has 0 bridgehead atoms. The summed E-state index contributed by atoms with van der Waals surface area (Å²) in [7, 11) is 0. The predicted octanol–water partition coefficient (Wildman–Crippen LogP) is 7.74. The molecule has 0 spiro atoms. The van der Waals surface area contributed by atoms with Gasteiger partial charge in [0.25, 0.3) is 0 Å². The summed E-state index contributed by atoms with van der Waals surface area (Å²) in [5.41, 5.74) is 13.9. The van der Waals surface area contributed by atoms with Crippen LogP contribution in [0.2, 0.25) is 0 Å². The summed E-state index contributed by atoms with van der Waals surface area (Å²) in [6, 6.07) is 66.6. The van der Waals surface area contributed by atoms with E-state index in [0.717, 1.165) is 30.3 Å². The molecule has 0 nitrogen and oxygen atoms in total. The van der Waals surface area contributed by atoms with E-state index in [1.165, 1.54) is 55.6 Å². The molecule has 8 rings (SSSR count). The van der Waals surface area contributed by atoms with Gasteiger partial charge < -0.3 is 24.8 Å². The van der Waals surface area contributed by atoms with Crippen LogP contribution in [-0.4, -0.2) is 4.26 Å². The zero-order valence-electron chi connectivity index (χ0n) is 32.5. The van der Waals surface area contributed by atoms with Crippen LogP contribution < -0.4 is 24.8 Å². The Bertz CT molecular complexity index is 1790. The molecule has 276 valence electrons. The number of hydrogen-bond donors (Lipinski definition) is 0. The second-order valence-corrected chi connectivity index (χ2v) is 14.8. The van der Waals surface area contributed by atoms with E-state index >= 15 is 0 Å². The molecule has 0 N–H and O–H groups in total. The van der Waals surface area contributed by atoms with Crippen LogP contribution in [0, 0.1) is 6.07 Å². The maximum absolute atomic E-state index is 3.53. The van der Waals surface area contributed by atoms with E-state index < -0.39 is 0 Å². The van der Waals surface area contributed by atoms with Crippen LogP contribution >= 0.6 is 0 Å². The van der Waals surface area contributed by atoms with Gasteiger partial charge in [-0.15, -0.1) is 5.56 Å². The van der Waals surface area contributed by atoms with Crippen molar-refractivity contribution in [2.24, 2.45) is 0 Å². The van der Waals surface area contributed by atoms with Gasteiger partial charge in [-0.25, -0.2) is 12.1 Å². The maximum Gasteiger partial charge on any atom is -0.0184 e. The Balaban J connectivity index is 0.000000264. The molecular formula is C51H52Cl2Hf-2. The molecule has 0 radical (unpaired) electrons. The van der Waals surface area contributed by atoms with Crippen LogP contribution in [-0.2, 0) is 41.1 Å². The van der Waals surface area contributed by atoms with Gasteiger partial charge in [0.05, 0.1) is 0 Å². The topological polar surface area (TPSA) is 0 Å². The fraction of sp³-hybridized carbons (Fsp3) is 0.176. The van der Waals surface area contributed by atoms with Crippen LogP contribution in [0.5, 0.6) is 0 Å². The van der Waals surface area contributed by atoms with Crippen molar-refractivity contribution in [3.05, 3.63) is 210 Å². The smallest absolute Gasteiger partial charge is 0.0184 e. The number of benzene rings is 6. The van der Waals surface area contributed by atoms with Gasteiger partial charge in [-0.3, -0.25) is 0 Å². The molecule has 0 aliphatic heterocycles. The van der Waals surface area contributed by atoms with Crippen molar-refractivity contribution < 1.29 is 48.7 Å². The first-order chi connectivity index (χ1) is 25.1. The quantitative estimate of drug-likeness (QED) is 0.123. The summed E-state index contributed by atoms with van der Waals surface area (Å²) in [6.45, 7) is 13.6. The first-order valence-electron chi connectivity index (χ1n) is 18.0. The Morgan fingerprint density at radius 2 is 0.852 bits per heavy atom. The molecule has 7 aromatic rings. The molecule has 0 saturated carbocycles. The predicted molar refractivity (Wildman–Crippen MR) is 224 cm³/mol. The van der Waals surface area contributed by atoms with E-state index in [1.54, 1.807) is 0 Å². The van der Waals surface area contributed by atoms with Gasteiger partial charge in [0.2, 0.25) is 0 Å². The summed E-state index contributed by atoms with van der Waals surface area (Å²) in [6.07, 6.45) is 1.03. The fourth-order valence-corrected chi connectivity index (χ4v) is 5.83. The SMILES string of the molecule is CC(C)(C)c1c[c-]c2c(c1)-c1cc(C(C)(C)C)ccc1C2.[CH2]=[Hf+2].[Cl-].[Cl-].c1cc[cH-]c1.c1ccc(-c2ccccc2)cc1.c1ccc(-c2ccccc2)cc1. The Morgan fingerprint density at radius 1 is 0.481 bits per heavy atom. The van der Waals surface area contributed by atoms with E-state index in [1.807, 2.05) is 54.6 Å². The molecule has 7 aromatic carbocycles. The van der Waals surface area contributed by atoms with Gasteiger partial charge in [-0.1, -0.05) is 198 Å². The minimum absolute atomic E-state index is 0. The van der Waals surface area contributed by atoms with E-state index in [4.69, 9.17) is 0 Å². The summed E-state index contributed by atoms with van der Waals surface area (Å²) >= 11 is 1.06. The maximum atomic E-state index is 3.53. The zero-order valence-corrected chi connectivity index (χ0v) is 37.6. The second kappa shape index (κ2) is 23.0. The minimum atomic E-state index is 0. The molecule has 0 fully saturated rings. The molecule has 1 aliphatic carbocycles. The molecule has 54 heavy (non-hydrogen) atoms. The first kappa shape index (κ1) is 46.1. The van der Waals surface area contributed by atoms with Gasteiger partial charge in [-0.05, 0) is 39.7 Å². The number of fused-ring (bicyclic) bond motifs is 3. The third-order valence-electron chi connectivity index (χ3n) is 8.84. The van der Waals surface area contributed by atoms with Crippen LogP contribution in [0.1, 0.15) is 63.8 Å². The molecule has 0 saturated heterocycles. The van der Waals surface area contributed by atoms with Crippen LogP contribution in [0.25, 0.3) is 33.4 Å². The van der Waals surface area contributed by atoms with E-state index in [0.29, 0.717) is 0 Å². The number of rotatable bonds is 2. The van der Waals surface area contributed by atoms with Gasteiger partial charge in [0.15, 0.2) is 0 Å². The Labute approximate surface area is 353 Å². The minimum Gasteiger partial charge on any atom is -1.00 e. The van der Waals surface area contributed by atoms with Crippen molar-refractivity contribution in [2.75, 3.05) is 0 Å². The zero-order chi connectivity index (χ0) is 37.4. The Kier molecular flexibility index (Phi) is 19.7. The van der Waals surface area contributed by atoms with Crippen molar-refractivity contribution in [3.8, 4) is 33.4 Å². The third kappa shape index (κ3) is 14.0. The molecule has 0 unspecified atom stereocenters. The van der Waals surface area contributed by atoms with Gasteiger partial charge >= 0.3 is 28.2 Å². The van der Waals surface area contributed by atoms with Crippen molar-refractivity contribution in [1.82, 2.24) is 0 Å². The normalized spacial score (nSPS) is 10.6. The van der Waals surface area contributed by atoms with Crippen molar-refractivity contribution >= 4 is 4.26 Å². The van der Waals surface area contributed by atoms with E-state index in [-0.39, 0.29) is 35.6 Å². The molecule has 0 atom stereocenters. The van der Waals surface area contributed by atoms with Crippen molar-refractivity contribution in [1.29, 1.82) is 0 Å². The van der Waals surface area contributed by atoms with E-state index in [2.05, 4.69) is 179 Å². The fourth-order valence-electron chi connectivity index (χ4n) is 5.83. The third-order valence-corrected chi connectivity index (χ3v) is 8.84. The average molecular weight is 914 g/mol. The van der Waals surface area contributed by atoms with Crippen LogP contribution in [0.3, 0.4) is 0 Å². The average Bonchev–Trinajstić information content (AvgIpc) is 3.89. The van der Waals surface area contributed by atoms with Gasteiger partial charge in [0.1, 0.15) is 0 Å². The number of hydrogen-bond acceptors (Lipinski definition) is 0. The van der Waals surface area contributed by atoms with E-state index in [9.17, 15) is 0 Å². The first-order valence-corrected chi connectivity index (χ1v) is 20.6. The molecule has 1 aliphatic rings. The largest absolute Gasteiger partial charge is 1.00 e. The summed E-state index contributed by atoms with van der Waals surface area (Å²) in [5.74, 6) is 0. The van der Waals surface area contributed by atoms with Crippen molar-refractivity contribution in [2.45, 2.75) is 58.8 Å². The Hall–Kier alpha value is -4.01. The summed E-state index contributed by atoms with van der Waals surface area (Å²) in [4.78, 5) is 0. The number of halogens is 2. The summed E-state index contributed by atoms with van der Waals surface area (Å²) in [5, 5.41) is 0. The molecule has 0 aromatic heterocycles. The van der Waals surface area contributed by atoms with Gasteiger partial charge in [0, 0.05) is 0 Å². The molecular weight excluding hydrogens is 862 g/mol. The van der Waals surface area contributed by atoms with Crippen LogP contribution in [0.4, 0.5) is 0 Å². The van der Waals surface area contributed by atoms with Crippen molar-refractivity contribution in [3.63, 3.8) is 0 Å². The monoisotopic (exact) mass is 914 g/mol. The van der Waals surface area contributed by atoms with Gasteiger partial charge in [-0.2, -0.15) is 47.5 Å². The molecule has 0 heterocycles. The second-order valence-electron chi connectivity index (χ2n) is 14.8. The Morgan fingerprint density at radius 3 is 1.19 bits per heavy atom.